The van der Waals surface area contributed by atoms with Crippen molar-refractivity contribution in [3.63, 3.8) is 0 Å². The van der Waals surface area contributed by atoms with Crippen LogP contribution >= 0.6 is 15.9 Å². The lowest BCUT2D eigenvalue weighted by molar-refractivity contribution is -0.130. The number of carbonyl (C=O) groups is 1. The summed E-state index contributed by atoms with van der Waals surface area (Å²) in [6, 6.07) is 8.44. The first-order valence-corrected chi connectivity index (χ1v) is 7.73. The molecule has 0 bridgehead atoms. The first-order valence-electron chi connectivity index (χ1n) is 6.94. The van der Waals surface area contributed by atoms with Gasteiger partial charge in [0.15, 0.2) is 0 Å². The number of benzene rings is 1. The third-order valence-electron chi connectivity index (χ3n) is 3.62. The zero-order valence-electron chi connectivity index (χ0n) is 11.4. The first kappa shape index (κ1) is 14.5. The predicted octanol–water partition coefficient (Wildman–Crippen LogP) is 3.11. The van der Waals surface area contributed by atoms with Gasteiger partial charge in [0.05, 0.1) is 0 Å². The third kappa shape index (κ3) is 4.05. The molecule has 3 nitrogen and oxygen atoms in total. The smallest absolute Gasteiger partial charge is 0.223 e. The van der Waals surface area contributed by atoms with Crippen LogP contribution in [-0.4, -0.2) is 30.4 Å². The van der Waals surface area contributed by atoms with Gasteiger partial charge in [-0.1, -0.05) is 34.1 Å². The highest BCUT2D eigenvalue weighted by molar-refractivity contribution is 9.10. The van der Waals surface area contributed by atoms with Crippen molar-refractivity contribution in [2.45, 2.75) is 32.2 Å². The zero-order chi connectivity index (χ0) is 13.7. The van der Waals surface area contributed by atoms with Crippen molar-refractivity contribution >= 4 is 21.8 Å². The predicted molar refractivity (Wildman–Crippen MR) is 81.0 cm³/mol. The van der Waals surface area contributed by atoms with Crippen LogP contribution in [0.25, 0.3) is 0 Å². The molecule has 1 fully saturated rings. The minimum absolute atomic E-state index is 0.252. The van der Waals surface area contributed by atoms with Crippen LogP contribution < -0.4 is 5.32 Å². The molecule has 1 atom stereocenters. The van der Waals surface area contributed by atoms with Crippen LogP contribution in [0.1, 0.15) is 37.8 Å². The summed E-state index contributed by atoms with van der Waals surface area (Å²) in [5.74, 6) is 0.282. The lowest BCUT2D eigenvalue weighted by Crippen LogP contribution is -2.31. The minimum Gasteiger partial charge on any atom is -0.343 e. The Morgan fingerprint density at radius 2 is 2.05 bits per heavy atom. The van der Waals surface area contributed by atoms with Gasteiger partial charge in [-0.2, -0.15) is 0 Å². The van der Waals surface area contributed by atoms with Gasteiger partial charge in [0, 0.05) is 36.6 Å². The second-order valence-corrected chi connectivity index (χ2v) is 5.89. The Morgan fingerprint density at radius 3 is 2.74 bits per heavy atom. The maximum absolute atomic E-state index is 11.9. The van der Waals surface area contributed by atoms with Crippen LogP contribution in [-0.2, 0) is 4.79 Å². The number of rotatable bonds is 5. The Morgan fingerprint density at radius 1 is 1.37 bits per heavy atom. The fourth-order valence-corrected chi connectivity index (χ4v) is 3.08. The van der Waals surface area contributed by atoms with Crippen molar-refractivity contribution in [1.29, 1.82) is 0 Å². The number of hydrogen-bond acceptors (Lipinski definition) is 2. The molecule has 4 heteroatoms. The Hall–Kier alpha value is -0.870. The van der Waals surface area contributed by atoms with E-state index in [2.05, 4.69) is 34.2 Å². The van der Waals surface area contributed by atoms with Gasteiger partial charge < -0.3 is 10.2 Å². The second kappa shape index (κ2) is 7.06. The fraction of sp³-hybridized carbons (Fsp3) is 0.533. The van der Waals surface area contributed by atoms with Crippen LogP contribution in [0, 0.1) is 0 Å². The summed E-state index contributed by atoms with van der Waals surface area (Å²) in [5.41, 5.74) is 1.23. The average molecular weight is 325 g/mol. The van der Waals surface area contributed by atoms with Crippen LogP contribution in [0.4, 0.5) is 0 Å². The largest absolute Gasteiger partial charge is 0.343 e. The van der Waals surface area contributed by atoms with E-state index in [1.165, 1.54) is 5.56 Å². The van der Waals surface area contributed by atoms with E-state index < -0.39 is 0 Å². The van der Waals surface area contributed by atoms with E-state index in [1.54, 1.807) is 0 Å². The molecule has 0 aromatic heterocycles. The standard InChI is InChI=1S/C15H21BrN2O/c1-12(13-6-2-3-7-14(13)16)17-9-8-15(19)18-10-4-5-11-18/h2-3,6-7,12,17H,4-5,8-11H2,1H3. The Labute approximate surface area is 123 Å². The molecule has 1 aromatic rings. The van der Waals surface area contributed by atoms with Crippen LogP contribution in [0.5, 0.6) is 0 Å². The van der Waals surface area contributed by atoms with Gasteiger partial charge in [0.25, 0.3) is 0 Å². The van der Waals surface area contributed by atoms with Gasteiger partial charge in [-0.05, 0) is 31.4 Å². The number of amides is 1. The third-order valence-corrected chi connectivity index (χ3v) is 4.34. The maximum Gasteiger partial charge on any atom is 0.223 e. The van der Waals surface area contributed by atoms with Gasteiger partial charge in [-0.25, -0.2) is 0 Å². The molecule has 1 aliphatic rings. The SMILES string of the molecule is CC(NCCC(=O)N1CCCC1)c1ccccc1Br. The molecule has 1 saturated heterocycles. The van der Waals surface area contributed by atoms with Crippen molar-refractivity contribution in [2.24, 2.45) is 0 Å². The van der Waals surface area contributed by atoms with E-state index in [0.29, 0.717) is 6.42 Å². The molecule has 0 radical (unpaired) electrons. The normalized spacial score (nSPS) is 16.6. The zero-order valence-corrected chi connectivity index (χ0v) is 12.9. The highest BCUT2D eigenvalue weighted by Gasteiger charge is 2.17. The fourth-order valence-electron chi connectivity index (χ4n) is 2.46. The number of hydrogen-bond donors (Lipinski definition) is 1. The molecule has 1 aromatic carbocycles. The molecule has 104 valence electrons. The minimum atomic E-state index is 0.252. The quantitative estimate of drug-likeness (QED) is 0.902. The number of halogens is 1. The van der Waals surface area contributed by atoms with Crippen LogP contribution in [0.2, 0.25) is 0 Å². The Bertz CT molecular complexity index is 430. The van der Waals surface area contributed by atoms with Gasteiger partial charge >= 0.3 is 0 Å². The molecular formula is C15H21BrN2O. The topological polar surface area (TPSA) is 32.3 Å². The van der Waals surface area contributed by atoms with E-state index in [1.807, 2.05) is 23.1 Å². The summed E-state index contributed by atoms with van der Waals surface area (Å²) in [6.45, 7) is 4.75. The molecule has 0 aliphatic carbocycles. The summed E-state index contributed by atoms with van der Waals surface area (Å²) >= 11 is 3.56. The van der Waals surface area contributed by atoms with E-state index in [0.717, 1.165) is 36.9 Å². The first-order chi connectivity index (χ1) is 9.18. The van der Waals surface area contributed by atoms with Crippen molar-refractivity contribution in [3.8, 4) is 0 Å². The lowest BCUT2D eigenvalue weighted by atomic mass is 10.1. The highest BCUT2D eigenvalue weighted by atomic mass is 79.9. The van der Waals surface area contributed by atoms with E-state index >= 15 is 0 Å². The second-order valence-electron chi connectivity index (χ2n) is 5.04. The highest BCUT2D eigenvalue weighted by Crippen LogP contribution is 2.22. The van der Waals surface area contributed by atoms with Gasteiger partial charge in [-0.3, -0.25) is 4.79 Å². The van der Waals surface area contributed by atoms with Crippen molar-refractivity contribution in [3.05, 3.63) is 34.3 Å². The number of nitrogens with one attached hydrogen (secondary N) is 1. The number of carbonyl (C=O) groups excluding carboxylic acids is 1. The molecule has 1 aliphatic heterocycles. The summed E-state index contributed by atoms with van der Waals surface area (Å²) < 4.78 is 1.11. The van der Waals surface area contributed by atoms with Crippen molar-refractivity contribution < 1.29 is 4.79 Å². The molecule has 1 unspecified atom stereocenters. The van der Waals surface area contributed by atoms with Gasteiger partial charge in [0.2, 0.25) is 5.91 Å². The van der Waals surface area contributed by atoms with E-state index in [4.69, 9.17) is 0 Å². The van der Waals surface area contributed by atoms with Gasteiger partial charge in [0.1, 0.15) is 0 Å². The molecule has 1 heterocycles. The summed E-state index contributed by atoms with van der Waals surface area (Å²) in [4.78, 5) is 13.9. The van der Waals surface area contributed by atoms with Crippen molar-refractivity contribution in [1.82, 2.24) is 10.2 Å². The lowest BCUT2D eigenvalue weighted by Gasteiger charge is -2.18. The Balaban J connectivity index is 1.76. The summed E-state index contributed by atoms with van der Waals surface area (Å²) in [6.07, 6.45) is 2.91. The molecule has 1 N–H and O–H groups in total. The molecule has 0 saturated carbocycles. The monoisotopic (exact) mass is 324 g/mol. The van der Waals surface area contributed by atoms with Crippen molar-refractivity contribution in [2.75, 3.05) is 19.6 Å². The molecule has 0 spiro atoms. The number of nitrogens with zero attached hydrogens (tertiary/aromatic N) is 1. The summed E-state index contributed by atoms with van der Waals surface area (Å²) in [7, 11) is 0. The molecule has 1 amide bonds. The maximum atomic E-state index is 11.9. The molecular weight excluding hydrogens is 304 g/mol. The Kier molecular flexibility index (Phi) is 5.40. The van der Waals surface area contributed by atoms with Crippen LogP contribution in [0.15, 0.2) is 28.7 Å². The van der Waals surface area contributed by atoms with Crippen LogP contribution in [0.3, 0.4) is 0 Å². The number of likely N-dealkylation sites (tertiary alicyclic amines) is 1. The average Bonchev–Trinajstić information content (AvgIpc) is 2.93. The van der Waals surface area contributed by atoms with E-state index in [-0.39, 0.29) is 11.9 Å². The molecule has 2 rings (SSSR count). The van der Waals surface area contributed by atoms with Gasteiger partial charge in [-0.15, -0.1) is 0 Å². The molecule has 19 heavy (non-hydrogen) atoms. The van der Waals surface area contributed by atoms with E-state index in [9.17, 15) is 4.79 Å². The summed E-state index contributed by atoms with van der Waals surface area (Å²) in [5, 5.41) is 3.42.